The van der Waals surface area contributed by atoms with Crippen LogP contribution in [0.2, 0.25) is 0 Å². The van der Waals surface area contributed by atoms with Crippen molar-refractivity contribution in [1.29, 1.82) is 0 Å². The Labute approximate surface area is 55.3 Å². The Kier molecular flexibility index (Phi) is 4.28. The Morgan fingerprint density at radius 1 is 1.67 bits per heavy atom. The number of hydrogen-bond acceptors (Lipinski definition) is 1. The molecular formula is C7H13FO. The molecule has 0 saturated carbocycles. The van der Waals surface area contributed by atoms with Crippen LogP contribution in [0.15, 0.2) is 0 Å². The van der Waals surface area contributed by atoms with Crippen LogP contribution in [0.1, 0.15) is 33.1 Å². The number of carbonyl (C=O) groups is 1. The Hall–Kier alpha value is -0.400. The zero-order valence-electron chi connectivity index (χ0n) is 5.98. The van der Waals surface area contributed by atoms with Gasteiger partial charge in [0.25, 0.3) is 0 Å². The average Bonchev–Trinajstić information content (AvgIpc) is 1.82. The van der Waals surface area contributed by atoms with E-state index in [1.165, 1.54) is 0 Å². The van der Waals surface area contributed by atoms with Gasteiger partial charge in [0.2, 0.25) is 0 Å². The molecule has 0 aliphatic rings. The van der Waals surface area contributed by atoms with Crippen LogP contribution < -0.4 is 0 Å². The highest BCUT2D eigenvalue weighted by Crippen LogP contribution is 2.08. The molecule has 0 spiro atoms. The summed E-state index contributed by atoms with van der Waals surface area (Å²) in [6, 6.07) is -1.18. The number of hydrogen-bond donors (Lipinski definition) is 0. The molecule has 0 aromatic carbocycles. The monoisotopic (exact) mass is 132 g/mol. The minimum Gasteiger partial charge on any atom is -0.261 e. The van der Waals surface area contributed by atoms with E-state index in [-0.39, 0.29) is 5.92 Å². The predicted octanol–water partition coefficient (Wildman–Crippen LogP) is 2.31. The van der Waals surface area contributed by atoms with Crippen molar-refractivity contribution >= 4 is 6.04 Å². The quantitative estimate of drug-likeness (QED) is 0.536. The molecule has 9 heavy (non-hydrogen) atoms. The van der Waals surface area contributed by atoms with Gasteiger partial charge in [-0.1, -0.05) is 26.7 Å². The van der Waals surface area contributed by atoms with E-state index in [0.717, 1.165) is 12.8 Å². The van der Waals surface area contributed by atoms with Gasteiger partial charge in [0, 0.05) is 5.92 Å². The van der Waals surface area contributed by atoms with Crippen LogP contribution in [0, 0.1) is 5.92 Å². The number of halogens is 1. The van der Waals surface area contributed by atoms with Crippen molar-refractivity contribution in [3.8, 4) is 0 Å². The summed E-state index contributed by atoms with van der Waals surface area (Å²) in [4.78, 5) is 9.98. The van der Waals surface area contributed by atoms with E-state index < -0.39 is 6.04 Å². The first-order valence-corrected chi connectivity index (χ1v) is 3.37. The smallest absolute Gasteiger partial charge is 0.261 e. The lowest BCUT2D eigenvalue weighted by atomic mass is 10.1. The molecule has 0 radical (unpaired) electrons. The fraction of sp³-hybridized carbons (Fsp3) is 0.857. The van der Waals surface area contributed by atoms with Gasteiger partial charge in [-0.15, -0.1) is 0 Å². The van der Waals surface area contributed by atoms with Gasteiger partial charge < -0.3 is 0 Å². The SMILES string of the molecule is CCCCC(C)C(=O)F. The molecule has 0 rings (SSSR count). The van der Waals surface area contributed by atoms with Crippen molar-refractivity contribution in [2.24, 2.45) is 5.92 Å². The Balaban J connectivity index is 3.27. The Bertz CT molecular complexity index is 90.9. The van der Waals surface area contributed by atoms with Crippen molar-refractivity contribution in [2.75, 3.05) is 0 Å². The first-order chi connectivity index (χ1) is 4.18. The van der Waals surface area contributed by atoms with Crippen molar-refractivity contribution in [2.45, 2.75) is 33.1 Å². The lowest BCUT2D eigenvalue weighted by Crippen LogP contribution is -2.03. The van der Waals surface area contributed by atoms with Crippen LogP contribution in [0.4, 0.5) is 4.39 Å². The molecule has 1 atom stereocenters. The summed E-state index contributed by atoms with van der Waals surface area (Å²) in [7, 11) is 0. The van der Waals surface area contributed by atoms with Gasteiger partial charge in [-0.05, 0) is 6.42 Å². The van der Waals surface area contributed by atoms with Gasteiger partial charge in [-0.25, -0.2) is 0 Å². The summed E-state index contributed by atoms with van der Waals surface area (Å²) in [6.45, 7) is 3.65. The van der Waals surface area contributed by atoms with Gasteiger partial charge in [0.05, 0.1) is 0 Å². The molecule has 54 valence electrons. The molecule has 1 nitrogen and oxygen atoms in total. The molecule has 1 unspecified atom stereocenters. The second-order valence-electron chi connectivity index (χ2n) is 2.35. The van der Waals surface area contributed by atoms with Crippen molar-refractivity contribution in [1.82, 2.24) is 0 Å². The Morgan fingerprint density at radius 3 is 2.56 bits per heavy atom. The second-order valence-corrected chi connectivity index (χ2v) is 2.35. The summed E-state index contributed by atoms with van der Waals surface area (Å²) < 4.78 is 11.8. The van der Waals surface area contributed by atoms with Crippen molar-refractivity contribution in [3.63, 3.8) is 0 Å². The van der Waals surface area contributed by atoms with Crippen molar-refractivity contribution in [3.05, 3.63) is 0 Å². The maximum atomic E-state index is 11.8. The standard InChI is InChI=1S/C7H13FO/c1-3-4-5-6(2)7(8)9/h6H,3-5H2,1-2H3. The lowest BCUT2D eigenvalue weighted by molar-refractivity contribution is -0.133. The third-order valence-electron chi connectivity index (χ3n) is 1.38. The number of carbonyl (C=O) groups excluding carboxylic acids is 1. The van der Waals surface area contributed by atoms with Gasteiger partial charge in [-0.3, -0.25) is 4.79 Å². The third-order valence-corrected chi connectivity index (χ3v) is 1.38. The van der Waals surface area contributed by atoms with Crippen LogP contribution in [0.3, 0.4) is 0 Å². The van der Waals surface area contributed by atoms with E-state index in [9.17, 15) is 9.18 Å². The van der Waals surface area contributed by atoms with Crippen LogP contribution in [0.25, 0.3) is 0 Å². The maximum absolute atomic E-state index is 11.8. The zero-order chi connectivity index (χ0) is 7.28. The second kappa shape index (κ2) is 4.48. The van der Waals surface area contributed by atoms with E-state index in [2.05, 4.69) is 0 Å². The third kappa shape index (κ3) is 4.13. The molecule has 0 aliphatic heterocycles. The van der Waals surface area contributed by atoms with Crippen LogP contribution in [-0.4, -0.2) is 6.04 Å². The van der Waals surface area contributed by atoms with E-state index in [1.54, 1.807) is 6.92 Å². The first kappa shape index (κ1) is 8.60. The van der Waals surface area contributed by atoms with Crippen LogP contribution >= 0.6 is 0 Å². The van der Waals surface area contributed by atoms with E-state index in [0.29, 0.717) is 6.42 Å². The molecule has 0 fully saturated rings. The maximum Gasteiger partial charge on any atom is 0.304 e. The minimum absolute atomic E-state index is 0.384. The first-order valence-electron chi connectivity index (χ1n) is 3.37. The highest BCUT2D eigenvalue weighted by atomic mass is 19.1. The molecule has 0 bridgehead atoms. The summed E-state index contributed by atoms with van der Waals surface area (Å²) in [5.74, 6) is -0.384. The summed E-state index contributed by atoms with van der Waals surface area (Å²) >= 11 is 0. The highest BCUT2D eigenvalue weighted by Gasteiger charge is 2.09. The molecule has 0 heterocycles. The molecule has 0 saturated heterocycles. The van der Waals surface area contributed by atoms with Crippen molar-refractivity contribution < 1.29 is 9.18 Å². The van der Waals surface area contributed by atoms with Gasteiger partial charge in [0.15, 0.2) is 0 Å². The molecule has 0 aromatic rings. The molecule has 0 N–H and O–H groups in total. The zero-order valence-corrected chi connectivity index (χ0v) is 5.98. The van der Waals surface area contributed by atoms with Gasteiger partial charge >= 0.3 is 6.04 Å². The lowest BCUT2D eigenvalue weighted by Gasteiger charge is -2.00. The van der Waals surface area contributed by atoms with Crippen LogP contribution in [-0.2, 0) is 4.79 Å². The largest absolute Gasteiger partial charge is 0.304 e. The van der Waals surface area contributed by atoms with E-state index in [1.807, 2.05) is 6.92 Å². The number of unbranched alkanes of at least 4 members (excludes halogenated alkanes) is 1. The normalized spacial score (nSPS) is 13.2. The van der Waals surface area contributed by atoms with Crippen LogP contribution in [0.5, 0.6) is 0 Å². The summed E-state index contributed by atoms with van der Waals surface area (Å²) in [5.41, 5.74) is 0. The topological polar surface area (TPSA) is 17.1 Å². The molecular weight excluding hydrogens is 119 g/mol. The van der Waals surface area contributed by atoms with Gasteiger partial charge in [-0.2, -0.15) is 4.39 Å². The fourth-order valence-electron chi connectivity index (χ4n) is 0.624. The Morgan fingerprint density at radius 2 is 2.22 bits per heavy atom. The van der Waals surface area contributed by atoms with E-state index >= 15 is 0 Å². The average molecular weight is 132 g/mol. The summed E-state index contributed by atoms with van der Waals surface area (Å²) in [6.07, 6.45) is 2.65. The molecule has 0 aliphatic carbocycles. The molecule has 0 amide bonds. The molecule has 0 aromatic heterocycles. The summed E-state index contributed by atoms with van der Waals surface area (Å²) in [5, 5.41) is 0. The van der Waals surface area contributed by atoms with E-state index in [4.69, 9.17) is 0 Å². The van der Waals surface area contributed by atoms with Gasteiger partial charge in [0.1, 0.15) is 0 Å². The molecule has 2 heteroatoms. The minimum atomic E-state index is -1.18. The fourth-order valence-corrected chi connectivity index (χ4v) is 0.624. The number of rotatable bonds is 4. The highest BCUT2D eigenvalue weighted by molar-refractivity contribution is 5.70. The predicted molar refractivity (Wildman–Crippen MR) is 34.8 cm³/mol.